The number of hydrogen-bond donors (Lipinski definition) is 0. The van der Waals surface area contributed by atoms with Gasteiger partial charge >= 0.3 is 5.97 Å². The maximum atomic E-state index is 12.1. The molecule has 2 aromatic heterocycles. The number of aryl methyl sites for hydroxylation is 1. The van der Waals surface area contributed by atoms with Crippen LogP contribution >= 0.6 is 0 Å². The van der Waals surface area contributed by atoms with Crippen LogP contribution in [-0.4, -0.2) is 56.6 Å². The lowest BCUT2D eigenvalue weighted by molar-refractivity contribution is -0.143. The number of hydrogen-bond acceptors (Lipinski definition) is 6. The van der Waals surface area contributed by atoms with E-state index in [1.165, 1.54) is 16.5 Å². The molecule has 0 bridgehead atoms. The van der Waals surface area contributed by atoms with E-state index < -0.39 is 11.9 Å². The van der Waals surface area contributed by atoms with Crippen molar-refractivity contribution in [2.75, 3.05) is 20.2 Å². The van der Waals surface area contributed by atoms with Gasteiger partial charge in [-0.25, -0.2) is 9.50 Å². The molecule has 0 saturated heterocycles. The quantitative estimate of drug-likeness (QED) is 0.734. The fraction of sp³-hybridized carbons (Fsp3) is 0.417. The second kappa shape index (κ2) is 5.64. The Morgan fingerprint density at radius 2 is 2.20 bits per heavy atom. The molecule has 0 aliphatic rings. The second-order valence-electron chi connectivity index (χ2n) is 4.20. The van der Waals surface area contributed by atoms with E-state index in [0.717, 1.165) is 5.69 Å². The summed E-state index contributed by atoms with van der Waals surface area (Å²) in [5, 5.41) is 4.09. The molecule has 0 aliphatic carbocycles. The highest BCUT2D eigenvalue weighted by molar-refractivity contribution is 5.92. The minimum atomic E-state index is -0.471. The average Bonchev–Trinajstić information content (AvgIpc) is 2.83. The van der Waals surface area contributed by atoms with Gasteiger partial charge in [0.1, 0.15) is 6.54 Å². The van der Waals surface area contributed by atoms with Crippen molar-refractivity contribution in [3.63, 3.8) is 0 Å². The lowest BCUT2D eigenvalue weighted by atomic mass is 10.4. The highest BCUT2D eigenvalue weighted by atomic mass is 16.5. The van der Waals surface area contributed by atoms with Gasteiger partial charge in [0.05, 0.1) is 6.61 Å². The van der Waals surface area contributed by atoms with Gasteiger partial charge in [-0.05, 0) is 19.9 Å². The molecule has 8 nitrogen and oxygen atoms in total. The molecule has 0 atom stereocenters. The molecule has 0 unspecified atom stereocenters. The number of nitrogens with zero attached hydrogens (tertiary/aromatic N) is 5. The lowest BCUT2D eigenvalue weighted by Crippen LogP contribution is -2.33. The van der Waals surface area contributed by atoms with E-state index in [4.69, 9.17) is 4.74 Å². The molecule has 0 aliphatic heterocycles. The van der Waals surface area contributed by atoms with Crippen LogP contribution in [0.3, 0.4) is 0 Å². The third-order valence-electron chi connectivity index (χ3n) is 2.64. The van der Waals surface area contributed by atoms with Gasteiger partial charge in [-0.2, -0.15) is 4.98 Å². The van der Waals surface area contributed by atoms with Crippen molar-refractivity contribution < 1.29 is 14.3 Å². The van der Waals surface area contributed by atoms with Crippen molar-refractivity contribution in [2.24, 2.45) is 0 Å². The van der Waals surface area contributed by atoms with Crippen LogP contribution in [0.1, 0.15) is 23.2 Å². The molecule has 2 aromatic rings. The van der Waals surface area contributed by atoms with Gasteiger partial charge in [0.25, 0.3) is 11.7 Å². The number of carbonyl (C=O) groups excluding carboxylic acids is 2. The summed E-state index contributed by atoms with van der Waals surface area (Å²) in [6.07, 6.45) is 1.59. The Labute approximate surface area is 115 Å². The first kappa shape index (κ1) is 13.9. The van der Waals surface area contributed by atoms with Crippen LogP contribution < -0.4 is 0 Å². The SMILES string of the molecule is CCOC(=O)CN(C)C(=O)c1nc2nccc(C)n2n1. The number of amides is 1. The maximum Gasteiger partial charge on any atom is 0.325 e. The number of carbonyl (C=O) groups is 2. The summed E-state index contributed by atoms with van der Waals surface area (Å²) in [5.41, 5.74) is 0.814. The molecule has 0 radical (unpaired) electrons. The molecule has 2 rings (SSSR count). The van der Waals surface area contributed by atoms with Gasteiger partial charge in [-0.15, -0.1) is 5.10 Å². The normalized spacial score (nSPS) is 10.6. The van der Waals surface area contributed by atoms with Crippen molar-refractivity contribution >= 4 is 17.7 Å². The third kappa shape index (κ3) is 2.73. The van der Waals surface area contributed by atoms with Crippen LogP contribution in [0.5, 0.6) is 0 Å². The van der Waals surface area contributed by atoms with Crippen LogP contribution in [0.25, 0.3) is 5.78 Å². The van der Waals surface area contributed by atoms with Crippen molar-refractivity contribution in [1.29, 1.82) is 0 Å². The highest BCUT2D eigenvalue weighted by Gasteiger charge is 2.20. The molecule has 106 valence electrons. The Bertz CT molecular complexity index is 652. The van der Waals surface area contributed by atoms with Crippen LogP contribution in [0, 0.1) is 6.92 Å². The minimum absolute atomic E-state index is 0.00130. The standard InChI is InChI=1S/C12H15N5O3/c1-4-20-9(18)7-16(3)11(19)10-14-12-13-6-5-8(2)17(12)15-10/h5-6H,4,7H2,1-3H3. The van der Waals surface area contributed by atoms with E-state index in [9.17, 15) is 9.59 Å². The fourth-order valence-electron chi connectivity index (χ4n) is 1.64. The molecule has 0 spiro atoms. The van der Waals surface area contributed by atoms with Gasteiger partial charge in [0, 0.05) is 18.9 Å². The summed E-state index contributed by atoms with van der Waals surface area (Å²) >= 11 is 0. The number of aromatic nitrogens is 4. The van der Waals surface area contributed by atoms with Crippen LogP contribution in [0.2, 0.25) is 0 Å². The molecular weight excluding hydrogens is 262 g/mol. The Hall–Kier alpha value is -2.51. The predicted octanol–water partition coefficient (Wildman–Crippen LogP) is 0.0678. The molecule has 0 N–H and O–H groups in total. The predicted molar refractivity (Wildman–Crippen MR) is 69.1 cm³/mol. The minimum Gasteiger partial charge on any atom is -0.465 e. The van der Waals surface area contributed by atoms with E-state index in [1.807, 2.05) is 6.92 Å². The topological polar surface area (TPSA) is 89.7 Å². The monoisotopic (exact) mass is 277 g/mol. The van der Waals surface area contributed by atoms with E-state index in [2.05, 4.69) is 15.1 Å². The van der Waals surface area contributed by atoms with E-state index in [1.54, 1.807) is 19.2 Å². The molecular formula is C12H15N5O3. The first-order valence-corrected chi connectivity index (χ1v) is 6.12. The van der Waals surface area contributed by atoms with E-state index >= 15 is 0 Å². The lowest BCUT2D eigenvalue weighted by Gasteiger charge is -2.13. The first-order chi connectivity index (χ1) is 9.52. The number of rotatable bonds is 4. The second-order valence-corrected chi connectivity index (χ2v) is 4.20. The molecule has 1 amide bonds. The number of ether oxygens (including phenoxy) is 1. The zero-order valence-electron chi connectivity index (χ0n) is 11.5. The van der Waals surface area contributed by atoms with Gasteiger partial charge in [-0.3, -0.25) is 9.59 Å². The summed E-state index contributed by atoms with van der Waals surface area (Å²) in [7, 11) is 1.49. The molecule has 20 heavy (non-hydrogen) atoms. The molecule has 0 aromatic carbocycles. The summed E-state index contributed by atoms with van der Waals surface area (Å²) in [4.78, 5) is 32.7. The maximum absolute atomic E-state index is 12.1. The van der Waals surface area contributed by atoms with Crippen LogP contribution in [-0.2, 0) is 9.53 Å². The first-order valence-electron chi connectivity index (χ1n) is 6.12. The number of fused-ring (bicyclic) bond motifs is 1. The Balaban J connectivity index is 2.18. The van der Waals surface area contributed by atoms with Crippen molar-refractivity contribution in [3.8, 4) is 0 Å². The molecule has 0 saturated carbocycles. The zero-order chi connectivity index (χ0) is 14.7. The Morgan fingerprint density at radius 1 is 1.45 bits per heavy atom. The van der Waals surface area contributed by atoms with Gasteiger partial charge in [0.2, 0.25) is 5.82 Å². The van der Waals surface area contributed by atoms with Gasteiger partial charge < -0.3 is 9.64 Å². The third-order valence-corrected chi connectivity index (χ3v) is 2.64. The Kier molecular flexibility index (Phi) is 3.92. The van der Waals surface area contributed by atoms with Gasteiger partial charge in [-0.1, -0.05) is 0 Å². The van der Waals surface area contributed by atoms with E-state index in [-0.39, 0.29) is 19.0 Å². The molecule has 8 heteroatoms. The van der Waals surface area contributed by atoms with Crippen molar-refractivity contribution in [2.45, 2.75) is 13.8 Å². The van der Waals surface area contributed by atoms with Crippen molar-refractivity contribution in [1.82, 2.24) is 24.5 Å². The van der Waals surface area contributed by atoms with Crippen LogP contribution in [0.15, 0.2) is 12.3 Å². The molecule has 2 heterocycles. The van der Waals surface area contributed by atoms with Crippen molar-refractivity contribution in [3.05, 3.63) is 23.8 Å². The van der Waals surface area contributed by atoms with Crippen LogP contribution in [0.4, 0.5) is 0 Å². The Morgan fingerprint density at radius 3 is 2.85 bits per heavy atom. The fourth-order valence-corrected chi connectivity index (χ4v) is 1.64. The summed E-state index contributed by atoms with van der Waals surface area (Å²) in [6.45, 7) is 3.67. The zero-order valence-corrected chi connectivity index (χ0v) is 11.5. The number of esters is 1. The average molecular weight is 277 g/mol. The number of likely N-dealkylation sites (N-methyl/N-ethyl adjacent to an activating group) is 1. The highest BCUT2D eigenvalue weighted by Crippen LogP contribution is 2.04. The van der Waals surface area contributed by atoms with E-state index in [0.29, 0.717) is 5.78 Å². The van der Waals surface area contributed by atoms with Gasteiger partial charge in [0.15, 0.2) is 0 Å². The largest absolute Gasteiger partial charge is 0.465 e. The summed E-state index contributed by atoms with van der Waals surface area (Å²) < 4.78 is 6.26. The summed E-state index contributed by atoms with van der Waals surface area (Å²) in [5.74, 6) is -0.583. The smallest absolute Gasteiger partial charge is 0.325 e. The molecule has 0 fully saturated rings. The summed E-state index contributed by atoms with van der Waals surface area (Å²) in [6, 6.07) is 1.76.